The van der Waals surface area contributed by atoms with Crippen LogP contribution in [-0.2, 0) is 6.42 Å². The average Bonchev–Trinajstić information content (AvgIpc) is 2.39. The number of halogens is 1. The third-order valence-corrected chi connectivity index (χ3v) is 2.92. The smallest absolute Gasteiger partial charge is 0.146 e. The highest BCUT2D eigenvalue weighted by Crippen LogP contribution is 2.16. The average molecular weight is 263 g/mol. The molecule has 0 fully saturated rings. The van der Waals surface area contributed by atoms with E-state index in [9.17, 15) is 0 Å². The van der Waals surface area contributed by atoms with Crippen LogP contribution in [0.4, 0.5) is 0 Å². The van der Waals surface area contributed by atoms with E-state index in [4.69, 9.17) is 17.4 Å². The quantitative estimate of drug-likeness (QED) is 0.655. The zero-order chi connectivity index (χ0) is 13.0. The normalized spacial score (nSPS) is 12.4. The van der Waals surface area contributed by atoms with Gasteiger partial charge in [-0.2, -0.15) is 0 Å². The van der Waals surface area contributed by atoms with Gasteiger partial charge in [0.05, 0.1) is 6.04 Å². The lowest BCUT2D eigenvalue weighted by Crippen LogP contribution is -2.31. The van der Waals surface area contributed by atoms with Crippen molar-refractivity contribution < 1.29 is 0 Å². The van der Waals surface area contributed by atoms with Gasteiger partial charge in [0.1, 0.15) is 5.82 Å². The molecule has 1 aromatic carbocycles. The molecule has 0 aliphatic heterocycles. The van der Waals surface area contributed by atoms with E-state index in [2.05, 4.69) is 15.4 Å². The number of hydrogen-bond acceptors (Lipinski definition) is 4. The predicted octanol–water partition coefficient (Wildman–Crippen LogP) is 2.19. The van der Waals surface area contributed by atoms with Gasteiger partial charge in [-0.05, 0) is 36.6 Å². The van der Waals surface area contributed by atoms with Crippen LogP contribution < -0.4 is 11.3 Å². The molecule has 0 saturated heterocycles. The first-order valence-corrected chi connectivity index (χ1v) is 6.06. The Morgan fingerprint density at radius 1 is 1.22 bits per heavy atom. The monoisotopic (exact) mass is 262 g/mol. The molecule has 1 atom stereocenters. The summed E-state index contributed by atoms with van der Waals surface area (Å²) < 4.78 is 0. The number of nitrogens with one attached hydrogen (secondary N) is 1. The fourth-order valence-electron chi connectivity index (χ4n) is 1.66. The van der Waals surface area contributed by atoms with E-state index in [1.807, 2.05) is 31.2 Å². The Balaban J connectivity index is 2.14. The largest absolute Gasteiger partial charge is 0.271 e. The highest BCUT2D eigenvalue weighted by Gasteiger charge is 2.13. The summed E-state index contributed by atoms with van der Waals surface area (Å²) in [4.78, 5) is 8.57. The summed E-state index contributed by atoms with van der Waals surface area (Å²) in [6, 6.07) is 7.56. The van der Waals surface area contributed by atoms with E-state index >= 15 is 0 Å². The van der Waals surface area contributed by atoms with Gasteiger partial charge in [0, 0.05) is 17.4 Å². The molecule has 0 aliphatic carbocycles. The van der Waals surface area contributed by atoms with E-state index < -0.39 is 0 Å². The molecule has 4 nitrogen and oxygen atoms in total. The molecule has 0 aliphatic rings. The molecule has 94 valence electrons. The summed E-state index contributed by atoms with van der Waals surface area (Å²) in [6.45, 7) is 1.95. The maximum Gasteiger partial charge on any atom is 0.146 e. The molecule has 0 bridgehead atoms. The van der Waals surface area contributed by atoms with Crippen LogP contribution >= 0.6 is 11.6 Å². The molecule has 1 aromatic heterocycles. The number of nitrogens with two attached hydrogens (primary N) is 1. The molecule has 1 heterocycles. The standard InChI is InChI=1S/C13H15ClN4/c1-9-7-16-13(17-8-9)12(18-15)6-10-2-4-11(14)5-3-10/h2-5,7-8,12,18H,6,15H2,1H3. The number of hydrogen-bond donors (Lipinski definition) is 2. The van der Waals surface area contributed by atoms with Gasteiger partial charge in [-0.3, -0.25) is 5.84 Å². The van der Waals surface area contributed by atoms with Gasteiger partial charge in [-0.25, -0.2) is 15.4 Å². The van der Waals surface area contributed by atoms with E-state index in [0.717, 1.165) is 22.6 Å². The highest BCUT2D eigenvalue weighted by molar-refractivity contribution is 6.30. The van der Waals surface area contributed by atoms with Crippen molar-refractivity contribution in [2.75, 3.05) is 0 Å². The summed E-state index contributed by atoms with van der Waals surface area (Å²) in [5.74, 6) is 6.26. The Morgan fingerprint density at radius 3 is 2.39 bits per heavy atom. The van der Waals surface area contributed by atoms with Gasteiger partial charge in [-0.15, -0.1) is 0 Å². The van der Waals surface area contributed by atoms with Crippen LogP contribution in [-0.4, -0.2) is 9.97 Å². The van der Waals surface area contributed by atoms with E-state index in [-0.39, 0.29) is 6.04 Å². The van der Waals surface area contributed by atoms with Crippen molar-refractivity contribution in [1.29, 1.82) is 0 Å². The SMILES string of the molecule is Cc1cnc(C(Cc2ccc(Cl)cc2)NN)nc1. The number of rotatable bonds is 4. The van der Waals surface area contributed by atoms with E-state index in [0.29, 0.717) is 5.82 Å². The van der Waals surface area contributed by atoms with Crippen molar-refractivity contribution in [2.24, 2.45) is 5.84 Å². The molecule has 0 radical (unpaired) electrons. The van der Waals surface area contributed by atoms with Crippen molar-refractivity contribution in [3.63, 3.8) is 0 Å². The molecule has 0 amide bonds. The highest BCUT2D eigenvalue weighted by atomic mass is 35.5. The van der Waals surface area contributed by atoms with Gasteiger partial charge < -0.3 is 0 Å². The van der Waals surface area contributed by atoms with E-state index in [1.54, 1.807) is 12.4 Å². The van der Waals surface area contributed by atoms with Gasteiger partial charge in [-0.1, -0.05) is 23.7 Å². The maximum absolute atomic E-state index is 5.85. The second kappa shape index (κ2) is 5.91. The molecule has 5 heteroatoms. The Labute approximate surface area is 111 Å². The fraction of sp³-hybridized carbons (Fsp3) is 0.231. The van der Waals surface area contributed by atoms with Crippen molar-refractivity contribution in [2.45, 2.75) is 19.4 Å². The fourth-order valence-corrected chi connectivity index (χ4v) is 1.79. The summed E-state index contributed by atoms with van der Waals surface area (Å²) >= 11 is 5.85. The van der Waals surface area contributed by atoms with Crippen LogP contribution in [0.2, 0.25) is 5.02 Å². The summed E-state index contributed by atoms with van der Waals surface area (Å²) in [7, 11) is 0. The van der Waals surface area contributed by atoms with Crippen LogP contribution in [0.25, 0.3) is 0 Å². The molecule has 0 saturated carbocycles. The van der Waals surface area contributed by atoms with Crippen molar-refractivity contribution >= 4 is 11.6 Å². The predicted molar refractivity (Wildman–Crippen MR) is 72.0 cm³/mol. The van der Waals surface area contributed by atoms with Gasteiger partial charge in [0.15, 0.2) is 0 Å². The molecule has 2 rings (SSSR count). The van der Waals surface area contributed by atoms with Crippen LogP contribution in [0.5, 0.6) is 0 Å². The lowest BCUT2D eigenvalue weighted by Gasteiger charge is -2.14. The molecule has 18 heavy (non-hydrogen) atoms. The molecule has 0 spiro atoms. The van der Waals surface area contributed by atoms with Crippen molar-refractivity contribution in [3.8, 4) is 0 Å². The zero-order valence-electron chi connectivity index (χ0n) is 10.1. The molecule has 2 aromatic rings. The number of hydrazine groups is 1. The Bertz CT molecular complexity index is 495. The molecular weight excluding hydrogens is 248 g/mol. The topological polar surface area (TPSA) is 63.8 Å². The number of aryl methyl sites for hydroxylation is 1. The third-order valence-electron chi connectivity index (χ3n) is 2.67. The minimum atomic E-state index is -0.105. The first kappa shape index (κ1) is 13.0. The molecule has 3 N–H and O–H groups in total. The maximum atomic E-state index is 5.85. The summed E-state index contributed by atoms with van der Waals surface area (Å²) in [5.41, 5.74) is 4.90. The number of nitrogens with zero attached hydrogens (tertiary/aromatic N) is 2. The van der Waals surface area contributed by atoms with Gasteiger partial charge in [0.2, 0.25) is 0 Å². The van der Waals surface area contributed by atoms with E-state index in [1.165, 1.54) is 0 Å². The van der Waals surface area contributed by atoms with Crippen molar-refractivity contribution in [3.05, 3.63) is 58.6 Å². The number of benzene rings is 1. The van der Waals surface area contributed by atoms with Gasteiger partial charge in [0.25, 0.3) is 0 Å². The first-order chi connectivity index (χ1) is 8.69. The Kier molecular flexibility index (Phi) is 4.25. The summed E-state index contributed by atoms with van der Waals surface area (Å²) in [5, 5.41) is 0.725. The van der Waals surface area contributed by atoms with Crippen LogP contribution in [0, 0.1) is 6.92 Å². The minimum absolute atomic E-state index is 0.105. The Morgan fingerprint density at radius 2 is 1.83 bits per heavy atom. The van der Waals surface area contributed by atoms with Gasteiger partial charge >= 0.3 is 0 Å². The lowest BCUT2D eigenvalue weighted by molar-refractivity contribution is 0.522. The van der Waals surface area contributed by atoms with Crippen LogP contribution in [0.15, 0.2) is 36.7 Å². The second-order valence-electron chi connectivity index (χ2n) is 4.17. The number of aromatic nitrogens is 2. The first-order valence-electron chi connectivity index (χ1n) is 5.68. The Hall–Kier alpha value is -1.49. The molecule has 1 unspecified atom stereocenters. The van der Waals surface area contributed by atoms with Crippen LogP contribution in [0.1, 0.15) is 23.0 Å². The van der Waals surface area contributed by atoms with Crippen LogP contribution in [0.3, 0.4) is 0 Å². The third kappa shape index (κ3) is 3.26. The molecular formula is C13H15ClN4. The summed E-state index contributed by atoms with van der Waals surface area (Å²) in [6.07, 6.45) is 4.29. The van der Waals surface area contributed by atoms with Crippen molar-refractivity contribution in [1.82, 2.24) is 15.4 Å². The second-order valence-corrected chi connectivity index (χ2v) is 4.60. The minimum Gasteiger partial charge on any atom is -0.271 e. The lowest BCUT2D eigenvalue weighted by atomic mass is 10.1. The zero-order valence-corrected chi connectivity index (χ0v) is 10.9.